The van der Waals surface area contributed by atoms with Crippen LogP contribution < -0.4 is 4.90 Å². The standard InChI is InChI=1S/C25H28ClN3O/c1-17(30)29-16-19(22-4-2-3-5-25(22)29)10-13-28-11-8-18(9-12-28)24-15-20-14-21(26)6-7-23(20)27-24/h2-7,14-15,18-19,27H,8-13,16H2,1H3. The van der Waals surface area contributed by atoms with Crippen molar-refractivity contribution >= 4 is 34.1 Å². The first-order chi connectivity index (χ1) is 14.6. The molecule has 5 heteroatoms. The van der Waals surface area contributed by atoms with Gasteiger partial charge in [-0.05, 0) is 74.8 Å². The second-order valence-electron chi connectivity index (χ2n) is 8.75. The zero-order valence-corrected chi connectivity index (χ0v) is 18.2. The number of aromatic amines is 1. The maximum absolute atomic E-state index is 12.0. The van der Waals surface area contributed by atoms with Crippen LogP contribution in [-0.2, 0) is 4.79 Å². The van der Waals surface area contributed by atoms with Crippen molar-refractivity contribution in [2.75, 3.05) is 31.1 Å². The Kier molecular flexibility index (Phi) is 5.30. The maximum atomic E-state index is 12.0. The molecule has 0 aliphatic carbocycles. The fourth-order valence-electron chi connectivity index (χ4n) is 5.19. The number of benzene rings is 2. The van der Waals surface area contributed by atoms with E-state index in [1.165, 1.54) is 35.0 Å². The summed E-state index contributed by atoms with van der Waals surface area (Å²) < 4.78 is 0. The number of carbonyl (C=O) groups is 1. The van der Waals surface area contributed by atoms with Gasteiger partial charge in [0, 0.05) is 52.6 Å². The normalized spacial score (nSPS) is 20.1. The van der Waals surface area contributed by atoms with E-state index in [9.17, 15) is 4.79 Å². The minimum absolute atomic E-state index is 0.144. The number of piperidine rings is 1. The molecule has 2 aliphatic heterocycles. The fraction of sp³-hybridized carbons (Fsp3) is 0.400. The second-order valence-corrected chi connectivity index (χ2v) is 9.18. The molecular formula is C25H28ClN3O. The molecule has 1 saturated heterocycles. The predicted octanol–water partition coefficient (Wildman–Crippen LogP) is 5.54. The van der Waals surface area contributed by atoms with Crippen LogP contribution in [0, 0.1) is 0 Å². The molecule has 1 atom stereocenters. The molecule has 1 unspecified atom stereocenters. The monoisotopic (exact) mass is 421 g/mol. The highest BCUT2D eigenvalue weighted by Gasteiger charge is 2.31. The van der Waals surface area contributed by atoms with Crippen LogP contribution in [0.1, 0.15) is 49.3 Å². The number of rotatable bonds is 4. The smallest absolute Gasteiger partial charge is 0.223 e. The van der Waals surface area contributed by atoms with E-state index in [1.54, 1.807) is 6.92 Å². The van der Waals surface area contributed by atoms with E-state index in [-0.39, 0.29) is 5.91 Å². The molecule has 30 heavy (non-hydrogen) atoms. The van der Waals surface area contributed by atoms with Gasteiger partial charge >= 0.3 is 0 Å². The Balaban J connectivity index is 1.18. The summed E-state index contributed by atoms with van der Waals surface area (Å²) >= 11 is 6.14. The third kappa shape index (κ3) is 3.75. The number of aromatic nitrogens is 1. The lowest BCUT2D eigenvalue weighted by atomic mass is 9.92. The minimum Gasteiger partial charge on any atom is -0.358 e. The van der Waals surface area contributed by atoms with Gasteiger partial charge in [-0.3, -0.25) is 4.79 Å². The van der Waals surface area contributed by atoms with Crippen molar-refractivity contribution < 1.29 is 4.79 Å². The van der Waals surface area contributed by atoms with Gasteiger partial charge < -0.3 is 14.8 Å². The highest BCUT2D eigenvalue weighted by molar-refractivity contribution is 6.31. The lowest BCUT2D eigenvalue weighted by Crippen LogP contribution is -2.35. The molecule has 0 saturated carbocycles. The fourth-order valence-corrected chi connectivity index (χ4v) is 5.37. The number of carbonyl (C=O) groups excluding carboxylic acids is 1. The number of halogens is 1. The van der Waals surface area contributed by atoms with Gasteiger partial charge in [-0.2, -0.15) is 0 Å². The van der Waals surface area contributed by atoms with Gasteiger partial charge in [-0.15, -0.1) is 0 Å². The number of hydrogen-bond acceptors (Lipinski definition) is 2. The number of H-pyrrole nitrogens is 1. The first kappa shape index (κ1) is 19.7. The first-order valence-electron chi connectivity index (χ1n) is 11.0. The minimum atomic E-state index is 0.144. The molecule has 1 fully saturated rings. The quantitative estimate of drug-likeness (QED) is 0.600. The average molecular weight is 422 g/mol. The zero-order chi connectivity index (χ0) is 20.7. The molecule has 2 aliphatic rings. The van der Waals surface area contributed by atoms with Crippen molar-refractivity contribution in [2.24, 2.45) is 0 Å². The number of anilines is 1. The summed E-state index contributed by atoms with van der Waals surface area (Å²) in [7, 11) is 0. The summed E-state index contributed by atoms with van der Waals surface area (Å²) in [6.07, 6.45) is 3.47. The lowest BCUT2D eigenvalue weighted by Gasteiger charge is -2.32. The van der Waals surface area contributed by atoms with Crippen LogP contribution in [0.2, 0.25) is 5.02 Å². The molecule has 1 amide bonds. The first-order valence-corrected chi connectivity index (χ1v) is 11.3. The Morgan fingerprint density at radius 3 is 2.73 bits per heavy atom. The molecular weight excluding hydrogens is 394 g/mol. The highest BCUT2D eigenvalue weighted by Crippen LogP contribution is 2.38. The number of nitrogens with zero attached hydrogens (tertiary/aromatic N) is 2. The van der Waals surface area contributed by atoms with E-state index in [4.69, 9.17) is 11.6 Å². The predicted molar refractivity (Wildman–Crippen MR) is 124 cm³/mol. The summed E-state index contributed by atoms with van der Waals surface area (Å²) in [6.45, 7) is 5.85. The topological polar surface area (TPSA) is 39.3 Å². The second kappa shape index (κ2) is 8.09. The Hall–Kier alpha value is -2.30. The molecule has 1 aromatic heterocycles. The molecule has 0 bridgehead atoms. The molecule has 2 aromatic carbocycles. The summed E-state index contributed by atoms with van der Waals surface area (Å²) in [4.78, 5) is 20.1. The largest absolute Gasteiger partial charge is 0.358 e. The van der Waals surface area contributed by atoms with E-state index in [2.05, 4.69) is 40.2 Å². The van der Waals surface area contributed by atoms with Gasteiger partial charge in [0.2, 0.25) is 5.91 Å². The molecule has 0 spiro atoms. The number of nitrogens with one attached hydrogen (secondary N) is 1. The number of fused-ring (bicyclic) bond motifs is 2. The van der Waals surface area contributed by atoms with Crippen molar-refractivity contribution in [3.8, 4) is 0 Å². The van der Waals surface area contributed by atoms with Crippen LogP contribution in [0.15, 0.2) is 48.5 Å². The Labute approximate surface area is 182 Å². The van der Waals surface area contributed by atoms with Crippen LogP contribution in [-0.4, -0.2) is 42.0 Å². The van der Waals surface area contributed by atoms with E-state index in [1.807, 2.05) is 23.1 Å². The summed E-state index contributed by atoms with van der Waals surface area (Å²) in [5.41, 5.74) is 4.95. The van der Waals surface area contributed by atoms with Gasteiger partial charge in [0.05, 0.1) is 0 Å². The van der Waals surface area contributed by atoms with E-state index < -0.39 is 0 Å². The van der Waals surface area contributed by atoms with E-state index in [0.29, 0.717) is 11.8 Å². The van der Waals surface area contributed by atoms with Crippen LogP contribution in [0.3, 0.4) is 0 Å². The zero-order valence-electron chi connectivity index (χ0n) is 17.4. The van der Waals surface area contributed by atoms with Gasteiger partial charge in [-0.25, -0.2) is 0 Å². The van der Waals surface area contributed by atoms with E-state index >= 15 is 0 Å². The van der Waals surface area contributed by atoms with Crippen molar-refractivity contribution in [1.29, 1.82) is 0 Å². The Morgan fingerprint density at radius 2 is 1.93 bits per heavy atom. The van der Waals surface area contributed by atoms with Crippen LogP contribution in [0.4, 0.5) is 5.69 Å². The SMILES string of the molecule is CC(=O)N1CC(CCN2CCC(c3cc4cc(Cl)ccc4[nH]3)CC2)c2ccccc21. The number of para-hydroxylation sites is 1. The van der Waals surface area contributed by atoms with Gasteiger partial charge in [-0.1, -0.05) is 29.8 Å². The molecule has 156 valence electrons. The van der Waals surface area contributed by atoms with Crippen LogP contribution in [0.5, 0.6) is 0 Å². The molecule has 1 N–H and O–H groups in total. The summed E-state index contributed by atoms with van der Waals surface area (Å²) in [6, 6.07) is 16.7. The number of hydrogen-bond donors (Lipinski definition) is 1. The van der Waals surface area contributed by atoms with E-state index in [0.717, 1.165) is 43.3 Å². The van der Waals surface area contributed by atoms with Crippen molar-refractivity contribution in [2.45, 2.75) is 38.0 Å². The van der Waals surface area contributed by atoms with Crippen LogP contribution >= 0.6 is 11.6 Å². The number of amides is 1. The third-order valence-electron chi connectivity index (χ3n) is 6.88. The van der Waals surface area contributed by atoms with Crippen molar-refractivity contribution in [3.05, 3.63) is 64.8 Å². The molecule has 4 nitrogen and oxygen atoms in total. The van der Waals surface area contributed by atoms with Crippen molar-refractivity contribution in [1.82, 2.24) is 9.88 Å². The summed E-state index contributed by atoms with van der Waals surface area (Å²) in [5, 5.41) is 1.99. The highest BCUT2D eigenvalue weighted by atomic mass is 35.5. The third-order valence-corrected chi connectivity index (χ3v) is 7.11. The van der Waals surface area contributed by atoms with Gasteiger partial charge in [0.25, 0.3) is 0 Å². The number of likely N-dealkylation sites (tertiary alicyclic amines) is 1. The average Bonchev–Trinajstić information content (AvgIpc) is 3.34. The van der Waals surface area contributed by atoms with Gasteiger partial charge in [0.15, 0.2) is 0 Å². The molecule has 0 radical (unpaired) electrons. The molecule has 3 heterocycles. The molecule has 5 rings (SSSR count). The summed E-state index contributed by atoms with van der Waals surface area (Å²) in [5.74, 6) is 1.18. The molecule has 3 aromatic rings. The Bertz CT molecular complexity index is 1070. The van der Waals surface area contributed by atoms with Crippen LogP contribution in [0.25, 0.3) is 10.9 Å². The van der Waals surface area contributed by atoms with Gasteiger partial charge in [0.1, 0.15) is 0 Å². The lowest BCUT2D eigenvalue weighted by molar-refractivity contribution is -0.116. The Morgan fingerprint density at radius 1 is 1.13 bits per heavy atom. The van der Waals surface area contributed by atoms with Crippen molar-refractivity contribution in [3.63, 3.8) is 0 Å². The maximum Gasteiger partial charge on any atom is 0.223 e.